The van der Waals surface area contributed by atoms with E-state index in [0.29, 0.717) is 5.92 Å². The van der Waals surface area contributed by atoms with Crippen LogP contribution in [0.3, 0.4) is 0 Å². The summed E-state index contributed by atoms with van der Waals surface area (Å²) < 4.78 is 1.12. The SMILES string of the molecule is Brc1ccc(C2CNOC2)cc1. The van der Waals surface area contributed by atoms with Gasteiger partial charge in [0.15, 0.2) is 0 Å². The molecular formula is C9H10BrNO. The van der Waals surface area contributed by atoms with Gasteiger partial charge in [0.25, 0.3) is 0 Å². The monoisotopic (exact) mass is 227 g/mol. The van der Waals surface area contributed by atoms with Gasteiger partial charge in [-0.15, -0.1) is 0 Å². The fourth-order valence-electron chi connectivity index (χ4n) is 1.33. The first kappa shape index (κ1) is 8.23. The number of halogens is 1. The van der Waals surface area contributed by atoms with Crippen molar-refractivity contribution in [2.45, 2.75) is 5.92 Å². The van der Waals surface area contributed by atoms with E-state index in [1.165, 1.54) is 5.56 Å². The summed E-state index contributed by atoms with van der Waals surface area (Å²) in [5, 5.41) is 0. The summed E-state index contributed by atoms with van der Waals surface area (Å²) in [6.45, 7) is 1.70. The third-order valence-electron chi connectivity index (χ3n) is 2.06. The number of hydroxylamine groups is 1. The van der Waals surface area contributed by atoms with Gasteiger partial charge in [0, 0.05) is 16.9 Å². The lowest BCUT2D eigenvalue weighted by molar-refractivity contribution is 0.101. The zero-order chi connectivity index (χ0) is 8.39. The van der Waals surface area contributed by atoms with Crippen LogP contribution in [0.2, 0.25) is 0 Å². The van der Waals surface area contributed by atoms with E-state index in [-0.39, 0.29) is 0 Å². The molecule has 0 aliphatic carbocycles. The summed E-state index contributed by atoms with van der Waals surface area (Å²) >= 11 is 3.41. The highest BCUT2D eigenvalue weighted by atomic mass is 79.9. The van der Waals surface area contributed by atoms with Crippen LogP contribution in [0, 0.1) is 0 Å². The number of hydrogen-bond donors (Lipinski definition) is 1. The van der Waals surface area contributed by atoms with E-state index in [0.717, 1.165) is 17.6 Å². The Labute approximate surface area is 80.0 Å². The first-order valence-corrected chi connectivity index (χ1v) is 4.75. The van der Waals surface area contributed by atoms with Gasteiger partial charge in [-0.05, 0) is 17.7 Å². The third-order valence-corrected chi connectivity index (χ3v) is 2.59. The average Bonchev–Trinajstić information content (AvgIpc) is 2.58. The Hall–Kier alpha value is -0.380. The lowest BCUT2D eigenvalue weighted by Gasteiger charge is -2.05. The number of benzene rings is 1. The zero-order valence-electron chi connectivity index (χ0n) is 6.59. The van der Waals surface area contributed by atoms with Gasteiger partial charge in [-0.1, -0.05) is 28.1 Å². The minimum atomic E-state index is 0.512. The van der Waals surface area contributed by atoms with E-state index in [1.807, 2.05) is 0 Å². The van der Waals surface area contributed by atoms with Gasteiger partial charge in [0.05, 0.1) is 6.61 Å². The molecule has 1 heterocycles. The average molecular weight is 228 g/mol. The Bertz CT molecular complexity index is 254. The standard InChI is InChI=1S/C9H10BrNO/c10-9-3-1-7(2-4-9)8-5-11-12-6-8/h1-4,8,11H,5-6H2. The van der Waals surface area contributed by atoms with Crippen molar-refractivity contribution in [2.24, 2.45) is 0 Å². The highest BCUT2D eigenvalue weighted by Crippen LogP contribution is 2.20. The van der Waals surface area contributed by atoms with E-state index >= 15 is 0 Å². The Morgan fingerprint density at radius 1 is 1.33 bits per heavy atom. The summed E-state index contributed by atoms with van der Waals surface area (Å²) in [5.74, 6) is 0.512. The molecule has 1 aromatic carbocycles. The van der Waals surface area contributed by atoms with Crippen LogP contribution in [0.4, 0.5) is 0 Å². The lowest BCUT2D eigenvalue weighted by Crippen LogP contribution is -2.06. The van der Waals surface area contributed by atoms with Crippen molar-refractivity contribution in [1.82, 2.24) is 5.48 Å². The first-order valence-electron chi connectivity index (χ1n) is 3.96. The molecule has 1 aliphatic rings. The number of hydrogen-bond acceptors (Lipinski definition) is 2. The molecule has 3 heteroatoms. The largest absolute Gasteiger partial charge is 0.301 e. The van der Waals surface area contributed by atoms with Crippen molar-refractivity contribution in [1.29, 1.82) is 0 Å². The Kier molecular flexibility index (Phi) is 2.44. The molecule has 2 rings (SSSR count). The summed E-state index contributed by atoms with van der Waals surface area (Å²) in [6, 6.07) is 8.39. The van der Waals surface area contributed by atoms with Gasteiger partial charge >= 0.3 is 0 Å². The summed E-state index contributed by atoms with van der Waals surface area (Å²) in [5.41, 5.74) is 4.21. The van der Waals surface area contributed by atoms with Crippen molar-refractivity contribution in [2.75, 3.05) is 13.2 Å². The van der Waals surface area contributed by atoms with Crippen LogP contribution in [0.15, 0.2) is 28.7 Å². The van der Waals surface area contributed by atoms with Gasteiger partial charge in [0.1, 0.15) is 0 Å². The van der Waals surface area contributed by atoms with Crippen molar-refractivity contribution in [3.63, 3.8) is 0 Å². The van der Waals surface area contributed by atoms with Crippen molar-refractivity contribution in [3.8, 4) is 0 Å². The second-order valence-corrected chi connectivity index (χ2v) is 3.82. The third kappa shape index (κ3) is 1.68. The summed E-state index contributed by atoms with van der Waals surface area (Å²) in [7, 11) is 0. The van der Waals surface area contributed by atoms with Crippen LogP contribution in [0.1, 0.15) is 11.5 Å². The van der Waals surface area contributed by atoms with E-state index in [9.17, 15) is 0 Å². The van der Waals surface area contributed by atoms with Crippen LogP contribution in [0.25, 0.3) is 0 Å². The summed E-state index contributed by atoms with van der Waals surface area (Å²) in [4.78, 5) is 5.08. The minimum Gasteiger partial charge on any atom is -0.301 e. The van der Waals surface area contributed by atoms with Gasteiger partial charge in [-0.25, -0.2) is 5.48 Å². The Morgan fingerprint density at radius 3 is 2.67 bits per heavy atom. The fraction of sp³-hybridized carbons (Fsp3) is 0.333. The molecule has 64 valence electrons. The van der Waals surface area contributed by atoms with Crippen molar-refractivity contribution < 1.29 is 4.84 Å². The van der Waals surface area contributed by atoms with Crippen LogP contribution in [0.5, 0.6) is 0 Å². The van der Waals surface area contributed by atoms with Gasteiger partial charge in [0.2, 0.25) is 0 Å². The second kappa shape index (κ2) is 3.56. The maximum absolute atomic E-state index is 5.08. The van der Waals surface area contributed by atoms with Crippen molar-refractivity contribution >= 4 is 15.9 Å². The molecule has 1 N–H and O–H groups in total. The molecule has 1 atom stereocenters. The maximum atomic E-state index is 5.08. The molecule has 0 spiro atoms. The summed E-state index contributed by atoms with van der Waals surface area (Å²) in [6.07, 6.45) is 0. The van der Waals surface area contributed by atoms with E-state index in [4.69, 9.17) is 4.84 Å². The lowest BCUT2D eigenvalue weighted by atomic mass is 10.0. The van der Waals surface area contributed by atoms with Gasteiger partial charge < -0.3 is 4.84 Å². The highest BCUT2D eigenvalue weighted by Gasteiger charge is 2.16. The van der Waals surface area contributed by atoms with Crippen molar-refractivity contribution in [3.05, 3.63) is 34.3 Å². The van der Waals surface area contributed by atoms with E-state index in [2.05, 4.69) is 45.7 Å². The normalized spacial score (nSPS) is 22.9. The number of rotatable bonds is 1. The molecule has 0 aromatic heterocycles. The highest BCUT2D eigenvalue weighted by molar-refractivity contribution is 9.10. The van der Waals surface area contributed by atoms with Crippen LogP contribution >= 0.6 is 15.9 Å². The van der Waals surface area contributed by atoms with E-state index in [1.54, 1.807) is 0 Å². The van der Waals surface area contributed by atoms with Gasteiger partial charge in [-0.3, -0.25) is 0 Å². The predicted octanol–water partition coefficient (Wildman–Crippen LogP) is 2.07. The molecule has 0 saturated carbocycles. The molecule has 0 radical (unpaired) electrons. The molecule has 1 aromatic rings. The molecule has 0 bridgehead atoms. The zero-order valence-corrected chi connectivity index (χ0v) is 8.17. The molecule has 1 aliphatic heterocycles. The van der Waals surface area contributed by atoms with Gasteiger partial charge in [-0.2, -0.15) is 0 Å². The molecular weight excluding hydrogens is 218 g/mol. The maximum Gasteiger partial charge on any atom is 0.0763 e. The molecule has 0 amide bonds. The molecule has 12 heavy (non-hydrogen) atoms. The van der Waals surface area contributed by atoms with Crippen LogP contribution in [-0.2, 0) is 4.84 Å². The fourth-order valence-corrected chi connectivity index (χ4v) is 1.59. The quantitative estimate of drug-likeness (QED) is 0.794. The molecule has 2 nitrogen and oxygen atoms in total. The minimum absolute atomic E-state index is 0.512. The van der Waals surface area contributed by atoms with Crippen LogP contribution in [-0.4, -0.2) is 13.2 Å². The molecule has 1 unspecified atom stereocenters. The number of nitrogens with one attached hydrogen (secondary N) is 1. The molecule has 1 saturated heterocycles. The van der Waals surface area contributed by atoms with Crippen LogP contribution < -0.4 is 5.48 Å². The smallest absolute Gasteiger partial charge is 0.0763 e. The second-order valence-electron chi connectivity index (χ2n) is 2.91. The van der Waals surface area contributed by atoms with E-state index < -0.39 is 0 Å². The first-order chi connectivity index (χ1) is 5.86. The Morgan fingerprint density at radius 2 is 2.08 bits per heavy atom. The topological polar surface area (TPSA) is 21.3 Å². The Balaban J connectivity index is 2.17. The molecule has 1 fully saturated rings. The predicted molar refractivity (Wildman–Crippen MR) is 50.8 cm³/mol.